The van der Waals surface area contributed by atoms with Gasteiger partial charge >= 0.3 is 0 Å². The zero-order valence-electron chi connectivity index (χ0n) is 5.27. The second-order valence-corrected chi connectivity index (χ2v) is 2.69. The first-order chi connectivity index (χ1) is 3.93. The predicted molar refractivity (Wildman–Crippen MR) is 33.6 cm³/mol. The van der Waals surface area contributed by atoms with Gasteiger partial charge in [0.1, 0.15) is 0 Å². The average molecular weight is 111 g/mol. The van der Waals surface area contributed by atoms with Gasteiger partial charge < -0.3 is 0 Å². The Balaban J connectivity index is 2.13. The van der Waals surface area contributed by atoms with Crippen LogP contribution in [0, 0.1) is 5.92 Å². The summed E-state index contributed by atoms with van der Waals surface area (Å²) in [5.41, 5.74) is 8.69. The lowest BCUT2D eigenvalue weighted by molar-refractivity contribution is 0.363. The molecule has 46 valence electrons. The van der Waals surface area contributed by atoms with Gasteiger partial charge in [0, 0.05) is 6.54 Å². The summed E-state index contributed by atoms with van der Waals surface area (Å²) in [7, 11) is 0. The lowest BCUT2D eigenvalue weighted by Crippen LogP contribution is -2.10. The SMILES string of the molecule is [N]CC1CCCCC1. The van der Waals surface area contributed by atoms with Crippen molar-refractivity contribution in [2.75, 3.05) is 6.54 Å². The minimum Gasteiger partial charge on any atom is -0.145 e. The summed E-state index contributed by atoms with van der Waals surface area (Å²) in [4.78, 5) is 0. The zero-order chi connectivity index (χ0) is 5.82. The van der Waals surface area contributed by atoms with Crippen LogP contribution >= 0.6 is 0 Å². The van der Waals surface area contributed by atoms with Crippen LogP contribution in [0.4, 0.5) is 0 Å². The van der Waals surface area contributed by atoms with Crippen LogP contribution in [0.25, 0.3) is 0 Å². The smallest absolute Gasteiger partial charge is 0.0349 e. The molecule has 1 aliphatic rings. The van der Waals surface area contributed by atoms with E-state index in [2.05, 4.69) is 0 Å². The van der Waals surface area contributed by atoms with E-state index in [4.69, 9.17) is 5.73 Å². The zero-order valence-corrected chi connectivity index (χ0v) is 5.27. The Morgan fingerprint density at radius 1 is 1.12 bits per heavy atom. The summed E-state index contributed by atoms with van der Waals surface area (Å²) >= 11 is 0. The minimum absolute atomic E-state index is 0.417. The lowest BCUT2D eigenvalue weighted by atomic mass is 9.90. The highest BCUT2D eigenvalue weighted by molar-refractivity contribution is 4.64. The highest BCUT2D eigenvalue weighted by Crippen LogP contribution is 2.22. The molecule has 0 atom stereocenters. The van der Waals surface area contributed by atoms with Crippen molar-refractivity contribution in [1.82, 2.24) is 5.73 Å². The maximum absolute atomic E-state index is 8.69. The quantitative estimate of drug-likeness (QED) is 0.491. The summed E-state index contributed by atoms with van der Waals surface area (Å²) in [6, 6.07) is 0. The van der Waals surface area contributed by atoms with Gasteiger partial charge in [0.25, 0.3) is 0 Å². The van der Waals surface area contributed by atoms with Crippen molar-refractivity contribution < 1.29 is 0 Å². The fraction of sp³-hybridized carbons (Fsp3) is 1.00. The van der Waals surface area contributed by atoms with Gasteiger partial charge in [-0.2, -0.15) is 0 Å². The summed E-state index contributed by atoms with van der Waals surface area (Å²) in [6.45, 7) is 0.417. The van der Waals surface area contributed by atoms with E-state index in [0.29, 0.717) is 12.5 Å². The van der Waals surface area contributed by atoms with E-state index in [0.717, 1.165) is 0 Å². The summed E-state index contributed by atoms with van der Waals surface area (Å²) in [5.74, 6) is 0.642. The number of rotatable bonds is 1. The topological polar surface area (TPSA) is 22.3 Å². The molecular weight excluding hydrogens is 98.1 g/mol. The molecule has 0 heterocycles. The van der Waals surface area contributed by atoms with E-state index in [1.807, 2.05) is 0 Å². The molecule has 8 heavy (non-hydrogen) atoms. The molecule has 0 aliphatic heterocycles. The van der Waals surface area contributed by atoms with Crippen LogP contribution < -0.4 is 5.73 Å². The Kier molecular flexibility index (Phi) is 2.34. The van der Waals surface area contributed by atoms with Gasteiger partial charge in [-0.3, -0.25) is 0 Å². The molecule has 0 unspecified atom stereocenters. The first-order valence-corrected chi connectivity index (χ1v) is 3.54. The Morgan fingerprint density at radius 2 is 1.75 bits per heavy atom. The molecule has 1 saturated carbocycles. The van der Waals surface area contributed by atoms with E-state index in [1.54, 1.807) is 0 Å². The third kappa shape index (κ3) is 1.48. The maximum atomic E-state index is 8.69. The van der Waals surface area contributed by atoms with Crippen molar-refractivity contribution >= 4 is 0 Å². The Bertz CT molecular complexity index is 55.4. The second-order valence-electron chi connectivity index (χ2n) is 2.69. The molecule has 0 aromatic rings. The summed E-state index contributed by atoms with van der Waals surface area (Å²) in [6.07, 6.45) is 6.58. The van der Waals surface area contributed by atoms with Crippen LogP contribution in [0.5, 0.6) is 0 Å². The normalized spacial score (nSPS) is 23.6. The van der Waals surface area contributed by atoms with Crippen LogP contribution in [-0.2, 0) is 0 Å². The fourth-order valence-electron chi connectivity index (χ4n) is 1.37. The van der Waals surface area contributed by atoms with Crippen LogP contribution in [0.3, 0.4) is 0 Å². The van der Waals surface area contributed by atoms with Gasteiger partial charge in [-0.25, -0.2) is 0 Å². The van der Waals surface area contributed by atoms with E-state index < -0.39 is 0 Å². The number of hydrogen-bond acceptors (Lipinski definition) is 0. The standard InChI is InChI=1S/C7H13N/c8-6-7-4-2-1-3-5-7/h7H,1-6H2. The van der Waals surface area contributed by atoms with Gasteiger partial charge in [0.15, 0.2) is 0 Å². The number of hydrogen-bond donors (Lipinski definition) is 0. The van der Waals surface area contributed by atoms with Crippen LogP contribution in [0.15, 0.2) is 0 Å². The maximum Gasteiger partial charge on any atom is 0.0349 e. The third-order valence-electron chi connectivity index (χ3n) is 1.98. The van der Waals surface area contributed by atoms with Crippen molar-refractivity contribution in [1.29, 1.82) is 0 Å². The molecule has 1 aliphatic carbocycles. The molecule has 1 fully saturated rings. The highest BCUT2D eigenvalue weighted by Gasteiger charge is 2.10. The summed E-state index contributed by atoms with van der Waals surface area (Å²) in [5, 5.41) is 0. The lowest BCUT2D eigenvalue weighted by Gasteiger charge is -2.17. The monoisotopic (exact) mass is 111 g/mol. The van der Waals surface area contributed by atoms with Crippen LogP contribution in [0.1, 0.15) is 32.1 Å². The second kappa shape index (κ2) is 3.08. The molecular formula is C7H13N. The van der Waals surface area contributed by atoms with E-state index in [-0.39, 0.29) is 0 Å². The first kappa shape index (κ1) is 6.09. The molecule has 1 nitrogen and oxygen atoms in total. The van der Waals surface area contributed by atoms with E-state index >= 15 is 0 Å². The Hall–Kier alpha value is -0.0400. The minimum atomic E-state index is 0.417. The molecule has 0 aromatic carbocycles. The molecule has 0 N–H and O–H groups in total. The van der Waals surface area contributed by atoms with Gasteiger partial charge in [-0.15, -0.1) is 5.73 Å². The fourth-order valence-corrected chi connectivity index (χ4v) is 1.37. The molecule has 0 aromatic heterocycles. The third-order valence-corrected chi connectivity index (χ3v) is 1.98. The van der Waals surface area contributed by atoms with Crippen LogP contribution in [-0.4, -0.2) is 6.54 Å². The highest BCUT2D eigenvalue weighted by atomic mass is 14.5. The van der Waals surface area contributed by atoms with Crippen LogP contribution in [0.2, 0.25) is 0 Å². The van der Waals surface area contributed by atoms with Crippen molar-refractivity contribution in [3.63, 3.8) is 0 Å². The molecule has 0 saturated heterocycles. The van der Waals surface area contributed by atoms with Gasteiger partial charge in [-0.1, -0.05) is 19.3 Å². The molecule has 0 spiro atoms. The van der Waals surface area contributed by atoms with Crippen molar-refractivity contribution in [2.45, 2.75) is 32.1 Å². The Morgan fingerprint density at radius 3 is 2.12 bits per heavy atom. The average Bonchev–Trinajstić information content (AvgIpc) is 1.90. The van der Waals surface area contributed by atoms with E-state index in [1.165, 1.54) is 32.1 Å². The Labute approximate surface area is 51.3 Å². The predicted octanol–water partition coefficient (Wildman–Crippen LogP) is 1.64. The van der Waals surface area contributed by atoms with Crippen molar-refractivity contribution in [3.8, 4) is 0 Å². The molecule has 0 bridgehead atoms. The first-order valence-electron chi connectivity index (χ1n) is 3.54. The van der Waals surface area contributed by atoms with Gasteiger partial charge in [0.05, 0.1) is 0 Å². The molecule has 0 amide bonds. The molecule has 1 rings (SSSR count). The van der Waals surface area contributed by atoms with E-state index in [9.17, 15) is 0 Å². The van der Waals surface area contributed by atoms with Gasteiger partial charge in [-0.05, 0) is 18.8 Å². The molecule has 2 radical (unpaired) electrons. The number of nitrogens with zero attached hydrogens (tertiary/aromatic N) is 1. The summed E-state index contributed by atoms with van der Waals surface area (Å²) < 4.78 is 0. The largest absolute Gasteiger partial charge is 0.145 e. The van der Waals surface area contributed by atoms with Gasteiger partial charge in [0.2, 0.25) is 0 Å². The van der Waals surface area contributed by atoms with Crippen molar-refractivity contribution in [3.05, 3.63) is 0 Å². The van der Waals surface area contributed by atoms with Crippen molar-refractivity contribution in [2.24, 2.45) is 5.92 Å². The molecule has 1 heteroatoms.